The van der Waals surface area contributed by atoms with E-state index >= 15 is 0 Å². The molecule has 2 aromatic carbocycles. The minimum absolute atomic E-state index is 0.0602. The monoisotopic (exact) mass is 289 g/mol. The third-order valence-corrected chi connectivity index (χ3v) is 3.32. The highest BCUT2D eigenvalue weighted by Crippen LogP contribution is 2.11. The van der Waals surface area contributed by atoms with E-state index in [0.717, 1.165) is 0 Å². The predicted octanol–water partition coefficient (Wildman–Crippen LogP) is 2.22. The normalized spacial score (nSPS) is 10.3. The highest BCUT2D eigenvalue weighted by molar-refractivity contribution is 5.97. The van der Waals surface area contributed by atoms with Crippen LogP contribution in [-0.2, 0) is 6.42 Å². The van der Waals surface area contributed by atoms with Gasteiger partial charge >= 0.3 is 0 Å². The summed E-state index contributed by atoms with van der Waals surface area (Å²) in [6.07, 6.45) is -0.0602. The average Bonchev–Trinajstić information content (AvgIpc) is 2.56. The maximum atomic E-state index is 12.2. The van der Waals surface area contributed by atoms with Crippen LogP contribution in [-0.4, -0.2) is 15.8 Å². The molecule has 0 spiro atoms. The van der Waals surface area contributed by atoms with Gasteiger partial charge in [0.05, 0.1) is 29.1 Å². The molecule has 22 heavy (non-hydrogen) atoms. The molecule has 0 aliphatic rings. The number of nitriles is 1. The molecule has 0 aliphatic carbocycles. The van der Waals surface area contributed by atoms with E-state index in [2.05, 4.69) is 9.97 Å². The first-order chi connectivity index (χ1) is 10.7. The summed E-state index contributed by atoms with van der Waals surface area (Å²) in [6.45, 7) is 0. The van der Waals surface area contributed by atoms with E-state index < -0.39 is 5.56 Å². The molecule has 1 aromatic heterocycles. The molecule has 0 aliphatic heterocycles. The maximum Gasteiger partial charge on any atom is 0.270 e. The van der Waals surface area contributed by atoms with Crippen LogP contribution < -0.4 is 5.56 Å². The molecular formula is C17H11N3O2. The summed E-state index contributed by atoms with van der Waals surface area (Å²) < 4.78 is 0. The van der Waals surface area contributed by atoms with Crippen LogP contribution in [0.3, 0.4) is 0 Å². The number of benzene rings is 2. The first-order valence-corrected chi connectivity index (χ1v) is 6.68. The second kappa shape index (κ2) is 5.62. The quantitative estimate of drug-likeness (QED) is 0.749. The number of carbonyl (C=O) groups is 1. The zero-order chi connectivity index (χ0) is 15.5. The maximum absolute atomic E-state index is 12.2. The Kier molecular flexibility index (Phi) is 3.50. The molecule has 0 saturated heterocycles. The smallest absolute Gasteiger partial charge is 0.270 e. The lowest BCUT2D eigenvalue weighted by Gasteiger charge is -2.03. The molecule has 0 bridgehead atoms. The molecule has 1 N–H and O–H groups in total. The van der Waals surface area contributed by atoms with Crippen LogP contribution >= 0.6 is 0 Å². The molecule has 0 saturated carbocycles. The molecule has 0 radical (unpaired) electrons. The number of hydrogen-bond donors (Lipinski definition) is 1. The van der Waals surface area contributed by atoms with Crippen molar-refractivity contribution in [3.8, 4) is 6.07 Å². The molecular weight excluding hydrogens is 278 g/mol. The van der Waals surface area contributed by atoms with Gasteiger partial charge in [0, 0.05) is 5.56 Å². The van der Waals surface area contributed by atoms with Gasteiger partial charge in [-0.2, -0.15) is 5.26 Å². The number of rotatable bonds is 3. The Morgan fingerprint density at radius 3 is 2.68 bits per heavy atom. The number of nitrogens with zero attached hydrogens (tertiary/aromatic N) is 2. The Bertz CT molecular complexity index is 953. The van der Waals surface area contributed by atoms with E-state index in [9.17, 15) is 9.59 Å². The Morgan fingerprint density at radius 1 is 1.18 bits per heavy atom. The van der Waals surface area contributed by atoms with Crippen LogP contribution in [0.5, 0.6) is 0 Å². The molecule has 106 valence electrons. The van der Waals surface area contributed by atoms with Crippen molar-refractivity contribution in [2.75, 3.05) is 0 Å². The Morgan fingerprint density at radius 2 is 1.95 bits per heavy atom. The van der Waals surface area contributed by atoms with E-state index in [1.165, 1.54) is 0 Å². The van der Waals surface area contributed by atoms with Gasteiger partial charge < -0.3 is 4.98 Å². The van der Waals surface area contributed by atoms with Gasteiger partial charge in [0.25, 0.3) is 5.56 Å². The van der Waals surface area contributed by atoms with E-state index in [1.807, 2.05) is 12.1 Å². The van der Waals surface area contributed by atoms with Gasteiger partial charge in [-0.05, 0) is 18.2 Å². The van der Waals surface area contributed by atoms with Gasteiger partial charge in [0.1, 0.15) is 5.69 Å². The fourth-order valence-corrected chi connectivity index (χ4v) is 2.19. The average molecular weight is 289 g/mol. The van der Waals surface area contributed by atoms with E-state index in [-0.39, 0.29) is 17.9 Å². The molecule has 0 atom stereocenters. The van der Waals surface area contributed by atoms with Crippen molar-refractivity contribution in [3.05, 3.63) is 75.7 Å². The zero-order valence-corrected chi connectivity index (χ0v) is 11.5. The molecule has 5 heteroatoms. The van der Waals surface area contributed by atoms with E-state index in [1.54, 1.807) is 42.5 Å². The van der Waals surface area contributed by atoms with Crippen LogP contribution in [0.25, 0.3) is 11.0 Å². The van der Waals surface area contributed by atoms with Crippen LogP contribution in [0, 0.1) is 11.3 Å². The Hall–Kier alpha value is -3.26. The Labute approximate surface area is 125 Å². The SMILES string of the molecule is N#Cc1ccc2nc(CC(=O)c3ccccc3)c(=O)[nH]c2c1. The highest BCUT2D eigenvalue weighted by Gasteiger charge is 2.12. The summed E-state index contributed by atoms with van der Waals surface area (Å²) in [6, 6.07) is 15.6. The first kappa shape index (κ1) is 13.7. The van der Waals surface area contributed by atoms with Crippen molar-refractivity contribution >= 4 is 16.8 Å². The van der Waals surface area contributed by atoms with Crippen molar-refractivity contribution in [1.29, 1.82) is 5.26 Å². The number of fused-ring (bicyclic) bond motifs is 1. The third-order valence-electron chi connectivity index (χ3n) is 3.32. The number of Topliss-reactive ketones (excluding diaryl/α,β-unsaturated/α-hetero) is 1. The molecule has 0 unspecified atom stereocenters. The lowest BCUT2D eigenvalue weighted by Crippen LogP contribution is -2.19. The summed E-state index contributed by atoms with van der Waals surface area (Å²) in [7, 11) is 0. The molecule has 5 nitrogen and oxygen atoms in total. The molecule has 0 amide bonds. The third kappa shape index (κ3) is 2.63. The number of hydrogen-bond acceptors (Lipinski definition) is 4. The summed E-state index contributed by atoms with van der Waals surface area (Å²) in [4.78, 5) is 31.1. The largest absolute Gasteiger partial charge is 0.319 e. The van der Waals surface area contributed by atoms with Gasteiger partial charge in [0.15, 0.2) is 5.78 Å². The first-order valence-electron chi connectivity index (χ1n) is 6.68. The van der Waals surface area contributed by atoms with E-state index in [4.69, 9.17) is 5.26 Å². The summed E-state index contributed by atoms with van der Waals surface area (Å²) in [5, 5.41) is 8.86. The minimum Gasteiger partial charge on any atom is -0.319 e. The highest BCUT2D eigenvalue weighted by atomic mass is 16.1. The number of aromatic amines is 1. The number of ketones is 1. The number of nitrogens with one attached hydrogen (secondary N) is 1. The van der Waals surface area contributed by atoms with Crippen LogP contribution in [0.15, 0.2) is 53.3 Å². The van der Waals surface area contributed by atoms with Crippen molar-refractivity contribution in [3.63, 3.8) is 0 Å². The van der Waals surface area contributed by atoms with Crippen molar-refractivity contribution in [1.82, 2.24) is 9.97 Å². The molecule has 0 fully saturated rings. The summed E-state index contributed by atoms with van der Waals surface area (Å²) >= 11 is 0. The number of carbonyl (C=O) groups excluding carboxylic acids is 1. The molecule has 3 rings (SSSR count). The topological polar surface area (TPSA) is 86.6 Å². The second-order valence-corrected chi connectivity index (χ2v) is 4.82. The minimum atomic E-state index is -0.410. The van der Waals surface area contributed by atoms with E-state index in [0.29, 0.717) is 22.2 Å². The van der Waals surface area contributed by atoms with Gasteiger partial charge in [-0.25, -0.2) is 4.98 Å². The van der Waals surface area contributed by atoms with Crippen molar-refractivity contribution in [2.24, 2.45) is 0 Å². The van der Waals surface area contributed by atoms with Gasteiger partial charge in [0.2, 0.25) is 0 Å². The fourth-order valence-electron chi connectivity index (χ4n) is 2.19. The van der Waals surface area contributed by atoms with Gasteiger partial charge in [-0.3, -0.25) is 9.59 Å². The number of H-pyrrole nitrogens is 1. The lowest BCUT2D eigenvalue weighted by molar-refractivity contribution is 0.0991. The lowest BCUT2D eigenvalue weighted by atomic mass is 10.1. The van der Waals surface area contributed by atoms with Crippen molar-refractivity contribution in [2.45, 2.75) is 6.42 Å². The van der Waals surface area contributed by atoms with Crippen LogP contribution in [0.1, 0.15) is 21.6 Å². The molecule has 1 heterocycles. The Balaban J connectivity index is 1.98. The number of aromatic nitrogens is 2. The fraction of sp³-hybridized carbons (Fsp3) is 0.0588. The van der Waals surface area contributed by atoms with Gasteiger partial charge in [-0.15, -0.1) is 0 Å². The molecule has 3 aromatic rings. The predicted molar refractivity (Wildman–Crippen MR) is 81.6 cm³/mol. The van der Waals surface area contributed by atoms with Crippen LogP contribution in [0.4, 0.5) is 0 Å². The van der Waals surface area contributed by atoms with Gasteiger partial charge in [-0.1, -0.05) is 30.3 Å². The van der Waals surface area contributed by atoms with Crippen molar-refractivity contribution < 1.29 is 4.79 Å². The zero-order valence-electron chi connectivity index (χ0n) is 11.5. The summed E-state index contributed by atoms with van der Waals surface area (Å²) in [5.41, 5.74) is 1.79. The standard InChI is InChI=1S/C17H11N3O2/c18-10-11-6-7-13-14(8-11)20-17(22)15(19-13)9-16(21)12-4-2-1-3-5-12/h1-8H,9H2,(H,20,22). The second-order valence-electron chi connectivity index (χ2n) is 4.82. The summed E-state index contributed by atoms with van der Waals surface area (Å²) in [5.74, 6) is -0.161. The van der Waals surface area contributed by atoms with Crippen LogP contribution in [0.2, 0.25) is 0 Å².